The molecule has 0 aliphatic heterocycles. The molecule has 0 radical (unpaired) electrons. The molecule has 1 aromatic carbocycles. The summed E-state index contributed by atoms with van der Waals surface area (Å²) in [6.07, 6.45) is 2.96. The maximum absolute atomic E-state index is 11.0. The van der Waals surface area contributed by atoms with Crippen LogP contribution in [-0.2, 0) is 6.54 Å². The first-order chi connectivity index (χ1) is 10.0. The number of nitrogens with zero attached hydrogens (tertiary/aromatic N) is 2. The van der Waals surface area contributed by atoms with Crippen molar-refractivity contribution in [2.24, 2.45) is 5.73 Å². The third-order valence-corrected chi connectivity index (χ3v) is 3.05. The number of aromatic carboxylic acids is 1. The van der Waals surface area contributed by atoms with Gasteiger partial charge >= 0.3 is 5.97 Å². The van der Waals surface area contributed by atoms with Crippen LogP contribution in [0.5, 0.6) is 0 Å². The van der Waals surface area contributed by atoms with E-state index in [-0.39, 0.29) is 5.76 Å². The van der Waals surface area contributed by atoms with E-state index in [4.69, 9.17) is 15.3 Å². The number of primary amides is 1. The summed E-state index contributed by atoms with van der Waals surface area (Å²) < 4.78 is 6.77. The van der Waals surface area contributed by atoms with Crippen LogP contribution in [0.25, 0.3) is 11.0 Å². The van der Waals surface area contributed by atoms with E-state index in [1.807, 2.05) is 12.1 Å². The summed E-state index contributed by atoms with van der Waals surface area (Å²) in [5.41, 5.74) is 6.92. The molecule has 0 atom stereocenters. The molecule has 7 heteroatoms. The first kappa shape index (κ1) is 12.9. The smallest absolute Gasteiger partial charge is 0.371 e. The second kappa shape index (κ2) is 4.78. The monoisotopic (exact) mass is 285 g/mol. The summed E-state index contributed by atoms with van der Waals surface area (Å²) in [6.45, 7) is 0.441. The number of nitrogens with two attached hydrogens (primary N) is 1. The predicted molar refractivity (Wildman–Crippen MR) is 73.0 cm³/mol. The maximum Gasteiger partial charge on any atom is 0.371 e. The van der Waals surface area contributed by atoms with E-state index in [9.17, 15) is 9.59 Å². The van der Waals surface area contributed by atoms with Gasteiger partial charge in [0.15, 0.2) is 0 Å². The molecule has 0 aliphatic rings. The minimum atomic E-state index is -1.11. The Morgan fingerprint density at radius 3 is 2.81 bits per heavy atom. The lowest BCUT2D eigenvalue weighted by Gasteiger charge is -2.01. The highest BCUT2D eigenvalue weighted by Gasteiger charge is 2.11. The molecule has 3 rings (SSSR count). The normalized spacial score (nSPS) is 10.9. The molecule has 0 saturated carbocycles. The number of carbonyl (C=O) groups excluding carboxylic acids is 1. The molecule has 21 heavy (non-hydrogen) atoms. The SMILES string of the molecule is NC(=O)c1cnn(Cc2ccc3oc(C(=O)O)cc3c2)c1. The highest BCUT2D eigenvalue weighted by atomic mass is 16.4. The third-order valence-electron chi connectivity index (χ3n) is 3.05. The largest absolute Gasteiger partial charge is 0.475 e. The minimum Gasteiger partial charge on any atom is -0.475 e. The molecule has 0 aliphatic carbocycles. The van der Waals surface area contributed by atoms with Crippen molar-refractivity contribution in [3.05, 3.63) is 53.5 Å². The fourth-order valence-electron chi connectivity index (χ4n) is 2.06. The van der Waals surface area contributed by atoms with E-state index in [1.165, 1.54) is 12.3 Å². The number of amides is 1. The lowest BCUT2D eigenvalue weighted by Crippen LogP contribution is -2.09. The van der Waals surface area contributed by atoms with Crippen LogP contribution in [-0.4, -0.2) is 26.8 Å². The number of furan rings is 1. The van der Waals surface area contributed by atoms with E-state index in [0.717, 1.165) is 5.56 Å². The number of carbonyl (C=O) groups is 2. The quantitative estimate of drug-likeness (QED) is 0.754. The van der Waals surface area contributed by atoms with Crippen molar-refractivity contribution < 1.29 is 19.1 Å². The number of carboxylic acids is 1. The summed E-state index contributed by atoms with van der Waals surface area (Å²) in [7, 11) is 0. The van der Waals surface area contributed by atoms with Crippen molar-refractivity contribution in [2.75, 3.05) is 0 Å². The van der Waals surface area contributed by atoms with Crippen molar-refractivity contribution in [2.45, 2.75) is 6.54 Å². The van der Waals surface area contributed by atoms with Crippen molar-refractivity contribution >= 4 is 22.8 Å². The topological polar surface area (TPSA) is 111 Å². The second-order valence-electron chi connectivity index (χ2n) is 4.58. The van der Waals surface area contributed by atoms with Crippen LogP contribution in [0.2, 0.25) is 0 Å². The van der Waals surface area contributed by atoms with Gasteiger partial charge in [-0.05, 0) is 23.8 Å². The van der Waals surface area contributed by atoms with Gasteiger partial charge in [-0.15, -0.1) is 0 Å². The summed E-state index contributed by atoms with van der Waals surface area (Å²) >= 11 is 0. The zero-order valence-electron chi connectivity index (χ0n) is 10.8. The van der Waals surface area contributed by atoms with Gasteiger partial charge < -0.3 is 15.3 Å². The van der Waals surface area contributed by atoms with E-state index in [2.05, 4.69) is 5.10 Å². The highest BCUT2D eigenvalue weighted by molar-refractivity contribution is 5.92. The molecule has 2 aromatic heterocycles. The lowest BCUT2D eigenvalue weighted by atomic mass is 10.1. The second-order valence-corrected chi connectivity index (χ2v) is 4.58. The van der Waals surface area contributed by atoms with Crippen molar-refractivity contribution in [3.8, 4) is 0 Å². The van der Waals surface area contributed by atoms with Gasteiger partial charge in [0.05, 0.1) is 18.3 Å². The Balaban J connectivity index is 1.89. The first-order valence-corrected chi connectivity index (χ1v) is 6.11. The average Bonchev–Trinajstić information content (AvgIpc) is 3.04. The van der Waals surface area contributed by atoms with Crippen molar-refractivity contribution in [3.63, 3.8) is 0 Å². The maximum atomic E-state index is 11.0. The fourth-order valence-corrected chi connectivity index (χ4v) is 2.06. The molecule has 0 fully saturated rings. The number of hydrogen-bond donors (Lipinski definition) is 2. The van der Waals surface area contributed by atoms with E-state index >= 15 is 0 Å². The Morgan fingerprint density at radius 1 is 1.33 bits per heavy atom. The van der Waals surface area contributed by atoms with Gasteiger partial charge in [-0.1, -0.05) is 6.07 Å². The van der Waals surface area contributed by atoms with Gasteiger partial charge in [0.1, 0.15) is 5.58 Å². The van der Waals surface area contributed by atoms with Crippen LogP contribution < -0.4 is 5.73 Å². The van der Waals surface area contributed by atoms with Gasteiger partial charge in [-0.3, -0.25) is 9.48 Å². The summed E-state index contributed by atoms with van der Waals surface area (Å²) in [6, 6.07) is 6.80. The number of rotatable bonds is 4. The zero-order chi connectivity index (χ0) is 15.0. The van der Waals surface area contributed by atoms with Gasteiger partial charge in [0.2, 0.25) is 5.76 Å². The highest BCUT2D eigenvalue weighted by Crippen LogP contribution is 2.21. The van der Waals surface area contributed by atoms with Crippen molar-refractivity contribution in [1.82, 2.24) is 9.78 Å². The molecule has 0 unspecified atom stereocenters. The Morgan fingerprint density at radius 2 is 2.14 bits per heavy atom. The van der Waals surface area contributed by atoms with E-state index in [0.29, 0.717) is 23.1 Å². The van der Waals surface area contributed by atoms with Crippen LogP contribution >= 0.6 is 0 Å². The van der Waals surface area contributed by atoms with Gasteiger partial charge in [-0.25, -0.2) is 4.79 Å². The molecular formula is C14H11N3O4. The number of aromatic nitrogens is 2. The lowest BCUT2D eigenvalue weighted by molar-refractivity contribution is 0.0664. The Bertz CT molecular complexity index is 847. The summed E-state index contributed by atoms with van der Waals surface area (Å²) in [5, 5.41) is 13.6. The molecule has 2 heterocycles. The summed E-state index contributed by atoms with van der Waals surface area (Å²) in [4.78, 5) is 21.9. The van der Waals surface area contributed by atoms with Crippen LogP contribution in [0.4, 0.5) is 0 Å². The molecular weight excluding hydrogens is 274 g/mol. The molecule has 3 aromatic rings. The molecule has 3 N–H and O–H groups in total. The first-order valence-electron chi connectivity index (χ1n) is 6.11. The number of fused-ring (bicyclic) bond motifs is 1. The van der Waals surface area contributed by atoms with Crippen LogP contribution in [0.1, 0.15) is 26.5 Å². The molecule has 7 nitrogen and oxygen atoms in total. The number of carboxylic acid groups (broad SMARTS) is 1. The number of benzene rings is 1. The van der Waals surface area contributed by atoms with Crippen LogP contribution in [0, 0.1) is 0 Å². The Labute approximate surface area is 118 Å². The number of hydrogen-bond acceptors (Lipinski definition) is 4. The predicted octanol–water partition coefficient (Wildman–Crippen LogP) is 1.47. The average molecular weight is 285 g/mol. The fraction of sp³-hybridized carbons (Fsp3) is 0.0714. The van der Waals surface area contributed by atoms with Gasteiger partial charge in [0, 0.05) is 11.6 Å². The molecule has 0 spiro atoms. The minimum absolute atomic E-state index is 0.0998. The molecule has 0 bridgehead atoms. The van der Waals surface area contributed by atoms with E-state index in [1.54, 1.807) is 16.9 Å². The standard InChI is InChI=1S/C14H11N3O4/c15-13(18)10-5-16-17(7-10)6-8-1-2-11-9(3-8)4-12(21-11)14(19)20/h1-5,7H,6H2,(H2,15,18)(H,19,20). The van der Waals surface area contributed by atoms with Crippen LogP contribution in [0.15, 0.2) is 41.1 Å². The van der Waals surface area contributed by atoms with E-state index < -0.39 is 11.9 Å². The molecule has 1 amide bonds. The molecule has 106 valence electrons. The zero-order valence-corrected chi connectivity index (χ0v) is 10.8. The molecule has 0 saturated heterocycles. The Hall–Kier alpha value is -3.09. The van der Waals surface area contributed by atoms with Crippen LogP contribution in [0.3, 0.4) is 0 Å². The van der Waals surface area contributed by atoms with Crippen molar-refractivity contribution in [1.29, 1.82) is 0 Å². The van der Waals surface area contributed by atoms with Gasteiger partial charge in [-0.2, -0.15) is 5.10 Å². The Kier molecular flexibility index (Phi) is 2.94. The third kappa shape index (κ3) is 2.48. The summed E-state index contributed by atoms with van der Waals surface area (Å²) in [5.74, 6) is -1.74. The van der Waals surface area contributed by atoms with Gasteiger partial charge in [0.25, 0.3) is 5.91 Å².